The highest BCUT2D eigenvalue weighted by Crippen LogP contribution is 2.33. The van der Waals surface area contributed by atoms with Crippen molar-refractivity contribution in [3.05, 3.63) is 59.8 Å². The monoisotopic (exact) mass is 456 g/mol. The van der Waals surface area contributed by atoms with Crippen molar-refractivity contribution in [3.63, 3.8) is 0 Å². The normalized spacial score (nSPS) is 20.1. The smallest absolute Gasteiger partial charge is 0.366 e. The molecule has 0 radical (unpaired) electrons. The Morgan fingerprint density at radius 2 is 1.73 bits per heavy atom. The Bertz CT molecular complexity index is 1170. The van der Waals surface area contributed by atoms with Crippen LogP contribution in [0.3, 0.4) is 0 Å². The summed E-state index contributed by atoms with van der Waals surface area (Å²) in [6.45, 7) is 0.426. The number of rotatable bonds is 5. The van der Waals surface area contributed by atoms with E-state index in [4.69, 9.17) is 0 Å². The second kappa shape index (κ2) is 8.26. The molecule has 3 aromatic heterocycles. The maximum absolute atomic E-state index is 12.8. The Labute approximate surface area is 186 Å². The van der Waals surface area contributed by atoms with Gasteiger partial charge in [-0.15, -0.1) is 10.2 Å². The van der Waals surface area contributed by atoms with Gasteiger partial charge in [0.05, 0.1) is 18.4 Å². The van der Waals surface area contributed by atoms with Crippen LogP contribution in [0.25, 0.3) is 0 Å². The van der Waals surface area contributed by atoms with Crippen LogP contribution < -0.4 is 15.5 Å². The molecule has 0 bridgehead atoms. The quantitative estimate of drug-likeness (QED) is 0.602. The third-order valence-electron chi connectivity index (χ3n) is 5.70. The zero-order valence-electron chi connectivity index (χ0n) is 17.3. The van der Waals surface area contributed by atoms with Crippen LogP contribution in [0.5, 0.6) is 0 Å². The number of nitrogens with zero attached hydrogens (tertiary/aromatic N) is 6. The van der Waals surface area contributed by atoms with Crippen LogP contribution in [0.15, 0.2) is 42.9 Å². The lowest BCUT2D eigenvalue weighted by Gasteiger charge is -2.22. The lowest BCUT2D eigenvalue weighted by Crippen LogP contribution is -2.27. The number of amides is 1. The van der Waals surface area contributed by atoms with Gasteiger partial charge in [-0.3, -0.25) is 14.7 Å². The summed E-state index contributed by atoms with van der Waals surface area (Å²) in [7, 11) is 0. The van der Waals surface area contributed by atoms with Crippen molar-refractivity contribution >= 4 is 23.4 Å². The zero-order valence-corrected chi connectivity index (χ0v) is 17.3. The molecule has 1 amide bonds. The van der Waals surface area contributed by atoms with Crippen LogP contribution >= 0.6 is 0 Å². The molecule has 9 nitrogen and oxygen atoms in total. The van der Waals surface area contributed by atoms with E-state index in [1.165, 1.54) is 0 Å². The van der Waals surface area contributed by atoms with E-state index in [1.54, 1.807) is 29.4 Å². The minimum absolute atomic E-state index is 0.0323. The van der Waals surface area contributed by atoms with Gasteiger partial charge in [-0.1, -0.05) is 6.07 Å². The van der Waals surface area contributed by atoms with Crippen LogP contribution in [0.1, 0.15) is 41.0 Å². The molecule has 3 aromatic rings. The fourth-order valence-corrected chi connectivity index (χ4v) is 4.14. The van der Waals surface area contributed by atoms with Gasteiger partial charge in [-0.25, -0.2) is 9.97 Å². The number of carbonyl (C=O) groups excluding carboxylic acids is 1. The molecule has 0 spiro atoms. The number of hydrogen-bond donors (Lipinski definition) is 2. The topological polar surface area (TPSA) is 109 Å². The molecule has 1 aliphatic heterocycles. The molecule has 1 saturated carbocycles. The Morgan fingerprint density at radius 1 is 0.970 bits per heavy atom. The molecule has 4 heterocycles. The molecule has 5 rings (SSSR count). The molecule has 1 fully saturated rings. The number of carbonyl (C=O) groups is 1. The number of aromatic nitrogens is 5. The molecule has 170 valence electrons. The summed E-state index contributed by atoms with van der Waals surface area (Å²) >= 11 is 0. The van der Waals surface area contributed by atoms with Crippen molar-refractivity contribution in [1.29, 1.82) is 0 Å². The molecular weight excluding hydrogens is 437 g/mol. The molecule has 0 saturated heterocycles. The van der Waals surface area contributed by atoms with Gasteiger partial charge in [0, 0.05) is 30.0 Å². The fraction of sp³-hybridized carbons (Fsp3) is 0.333. The van der Waals surface area contributed by atoms with Gasteiger partial charge in [-0.2, -0.15) is 13.2 Å². The molecule has 0 unspecified atom stereocenters. The summed E-state index contributed by atoms with van der Waals surface area (Å²) in [6.07, 6.45) is 1.60. The standard InChI is InChI=1S/C21H19F3N8O/c22-21(23,24)16-10-27-20(31-30-16)29-14-6-5-13(9-14)28-18-15(4-2-8-26-18)32-11-12-3-1-7-25-17(12)19(32)33/h1-4,7-8,10,13-14H,5-6,9,11H2,(H,26,28)(H,27,29,31)/t13-,14-/m0/s1. The van der Waals surface area contributed by atoms with E-state index in [2.05, 4.69) is 35.8 Å². The van der Waals surface area contributed by atoms with Crippen LogP contribution in [-0.2, 0) is 12.7 Å². The predicted octanol–water partition coefficient (Wildman–Crippen LogP) is 3.29. The van der Waals surface area contributed by atoms with Crippen molar-refractivity contribution in [3.8, 4) is 0 Å². The molecule has 12 heteroatoms. The van der Waals surface area contributed by atoms with Crippen LogP contribution in [-0.4, -0.2) is 43.1 Å². The number of nitrogens with one attached hydrogen (secondary N) is 2. The molecular formula is C21H19F3N8O. The first-order chi connectivity index (χ1) is 15.9. The highest BCUT2D eigenvalue weighted by Gasteiger charge is 2.34. The average Bonchev–Trinajstić information content (AvgIpc) is 3.38. The average molecular weight is 456 g/mol. The number of alkyl halides is 3. The van der Waals surface area contributed by atoms with E-state index in [0.717, 1.165) is 18.4 Å². The van der Waals surface area contributed by atoms with Gasteiger partial charge < -0.3 is 10.6 Å². The fourth-order valence-electron chi connectivity index (χ4n) is 4.14. The van der Waals surface area contributed by atoms with Crippen LogP contribution in [0.4, 0.5) is 30.6 Å². The first-order valence-corrected chi connectivity index (χ1v) is 10.4. The Kier molecular flexibility index (Phi) is 5.27. The third kappa shape index (κ3) is 4.28. The van der Waals surface area contributed by atoms with Crippen LogP contribution in [0.2, 0.25) is 0 Å². The van der Waals surface area contributed by atoms with Gasteiger partial charge in [0.1, 0.15) is 11.5 Å². The van der Waals surface area contributed by atoms with Gasteiger partial charge in [-0.05, 0) is 37.5 Å². The number of fused-ring (bicyclic) bond motifs is 1. The Balaban J connectivity index is 1.24. The minimum atomic E-state index is -4.57. The zero-order chi connectivity index (χ0) is 23.0. The van der Waals surface area contributed by atoms with E-state index in [0.29, 0.717) is 36.4 Å². The number of hydrogen-bond acceptors (Lipinski definition) is 8. The Hall–Kier alpha value is -3.83. The van der Waals surface area contributed by atoms with Crippen molar-refractivity contribution in [1.82, 2.24) is 25.1 Å². The van der Waals surface area contributed by atoms with Gasteiger partial charge in [0.25, 0.3) is 5.91 Å². The summed E-state index contributed by atoms with van der Waals surface area (Å²) in [4.78, 5) is 26.8. The maximum Gasteiger partial charge on any atom is 0.436 e. The first-order valence-electron chi connectivity index (χ1n) is 10.4. The summed E-state index contributed by atoms with van der Waals surface area (Å²) < 4.78 is 37.9. The minimum Gasteiger partial charge on any atom is -0.366 e. The summed E-state index contributed by atoms with van der Waals surface area (Å²) in [6, 6.07) is 7.32. The predicted molar refractivity (Wildman–Crippen MR) is 112 cm³/mol. The highest BCUT2D eigenvalue weighted by molar-refractivity contribution is 6.09. The molecule has 0 aromatic carbocycles. The van der Waals surface area contributed by atoms with Crippen molar-refractivity contribution in [2.24, 2.45) is 0 Å². The molecule has 2 aliphatic rings. The lowest BCUT2D eigenvalue weighted by atomic mass is 10.2. The van der Waals surface area contributed by atoms with Crippen LogP contribution in [0, 0.1) is 0 Å². The van der Waals surface area contributed by atoms with E-state index >= 15 is 0 Å². The second-order valence-electron chi connectivity index (χ2n) is 7.93. The van der Waals surface area contributed by atoms with Crippen molar-refractivity contribution in [2.75, 3.05) is 15.5 Å². The number of halogens is 3. The lowest BCUT2D eigenvalue weighted by molar-refractivity contribution is -0.142. The Morgan fingerprint density at radius 3 is 2.45 bits per heavy atom. The van der Waals surface area contributed by atoms with Gasteiger partial charge in [0.15, 0.2) is 5.69 Å². The molecule has 2 atom stereocenters. The summed E-state index contributed by atoms with van der Waals surface area (Å²) in [5.41, 5.74) is 0.859. The van der Waals surface area contributed by atoms with Crippen molar-refractivity contribution in [2.45, 2.75) is 44.1 Å². The first kappa shape index (κ1) is 21.0. The van der Waals surface area contributed by atoms with E-state index < -0.39 is 11.9 Å². The maximum atomic E-state index is 12.8. The molecule has 33 heavy (non-hydrogen) atoms. The molecule has 1 aliphatic carbocycles. The van der Waals surface area contributed by atoms with E-state index in [-0.39, 0.29) is 23.9 Å². The highest BCUT2D eigenvalue weighted by atomic mass is 19.4. The van der Waals surface area contributed by atoms with E-state index in [1.807, 2.05) is 12.1 Å². The number of anilines is 3. The number of pyridine rings is 2. The largest absolute Gasteiger partial charge is 0.436 e. The van der Waals surface area contributed by atoms with Gasteiger partial charge in [0.2, 0.25) is 5.95 Å². The SMILES string of the molecule is O=C1c2ncccc2CN1c1cccnc1N[C@H]1CC[C@H](Nc2ncc(C(F)(F)F)nn2)C1. The molecule has 2 N–H and O–H groups in total. The second-order valence-corrected chi connectivity index (χ2v) is 7.93. The third-order valence-corrected chi connectivity index (χ3v) is 5.70. The van der Waals surface area contributed by atoms with E-state index in [9.17, 15) is 18.0 Å². The van der Waals surface area contributed by atoms with Gasteiger partial charge >= 0.3 is 6.18 Å². The summed E-state index contributed by atoms with van der Waals surface area (Å²) in [5, 5.41) is 13.2. The van der Waals surface area contributed by atoms with Crippen molar-refractivity contribution < 1.29 is 18.0 Å². The summed E-state index contributed by atoms with van der Waals surface area (Å²) in [5.74, 6) is 0.483.